The molecule has 1 N–H and O–H groups in total. The molecular formula is C17H23NOSi. The Kier molecular flexibility index (Phi) is 4.50. The molecule has 2 aromatic carbocycles. The molecule has 0 amide bonds. The monoisotopic (exact) mass is 285 g/mol. The Morgan fingerprint density at radius 2 is 1.60 bits per heavy atom. The summed E-state index contributed by atoms with van der Waals surface area (Å²) in [6.07, 6.45) is 0. The molecule has 20 heavy (non-hydrogen) atoms. The Labute approximate surface area is 122 Å². The summed E-state index contributed by atoms with van der Waals surface area (Å²) in [4.78, 5) is 0. The van der Waals surface area contributed by atoms with Crippen LogP contribution in [-0.4, -0.2) is 15.2 Å². The van der Waals surface area contributed by atoms with Crippen LogP contribution in [0.5, 0.6) is 5.75 Å². The second-order valence-electron chi connectivity index (χ2n) is 6.00. The van der Waals surface area contributed by atoms with E-state index in [9.17, 15) is 0 Å². The third-order valence-electron chi connectivity index (χ3n) is 3.41. The van der Waals surface area contributed by atoms with Gasteiger partial charge < -0.3 is 10.1 Å². The molecular weight excluding hydrogens is 262 g/mol. The van der Waals surface area contributed by atoms with Gasteiger partial charge in [-0.1, -0.05) is 61.2 Å². The molecule has 0 aliphatic carbocycles. The van der Waals surface area contributed by atoms with E-state index in [2.05, 4.69) is 49.2 Å². The van der Waals surface area contributed by atoms with E-state index in [1.165, 1.54) is 10.8 Å². The maximum Gasteiger partial charge on any atom is 0.141 e. The van der Waals surface area contributed by atoms with Crippen molar-refractivity contribution in [2.45, 2.75) is 26.2 Å². The molecule has 0 spiro atoms. The summed E-state index contributed by atoms with van der Waals surface area (Å²) in [6.45, 7) is 7.92. The van der Waals surface area contributed by atoms with Crippen molar-refractivity contribution >= 4 is 18.9 Å². The van der Waals surface area contributed by atoms with E-state index in [0.717, 1.165) is 18.0 Å². The van der Waals surface area contributed by atoms with Crippen molar-refractivity contribution in [1.29, 1.82) is 0 Å². The van der Waals surface area contributed by atoms with Gasteiger partial charge in [-0.15, -0.1) is 0 Å². The Hall–Kier alpha value is -1.74. The van der Waals surface area contributed by atoms with Crippen LogP contribution in [0.4, 0.5) is 5.69 Å². The molecule has 0 saturated carbocycles. The minimum absolute atomic E-state index is 0.812. The van der Waals surface area contributed by atoms with Crippen molar-refractivity contribution < 1.29 is 4.74 Å². The van der Waals surface area contributed by atoms with Crippen LogP contribution in [0.2, 0.25) is 19.6 Å². The standard InChI is InChI=1S/C17H23NOSi/c1-19-17-8-6-5-7-16(17)18-13-14-9-11-15(12-10-14)20(2,3)4/h5-12,18H,13H2,1-4H3. The van der Waals surface area contributed by atoms with Gasteiger partial charge >= 0.3 is 0 Å². The smallest absolute Gasteiger partial charge is 0.141 e. The molecule has 0 bridgehead atoms. The number of para-hydroxylation sites is 2. The van der Waals surface area contributed by atoms with Crippen molar-refractivity contribution in [2.75, 3.05) is 12.4 Å². The summed E-state index contributed by atoms with van der Waals surface area (Å²) < 4.78 is 5.34. The molecule has 2 aromatic rings. The van der Waals surface area contributed by atoms with Crippen molar-refractivity contribution in [3.63, 3.8) is 0 Å². The zero-order valence-electron chi connectivity index (χ0n) is 12.7. The molecule has 0 fully saturated rings. The Bertz CT molecular complexity index is 558. The van der Waals surface area contributed by atoms with E-state index in [4.69, 9.17) is 4.74 Å². The van der Waals surface area contributed by atoms with Gasteiger partial charge in [0.2, 0.25) is 0 Å². The lowest BCUT2D eigenvalue weighted by Crippen LogP contribution is -2.37. The SMILES string of the molecule is COc1ccccc1NCc1ccc([Si](C)(C)C)cc1. The normalized spacial score (nSPS) is 11.2. The van der Waals surface area contributed by atoms with Crippen LogP contribution < -0.4 is 15.2 Å². The van der Waals surface area contributed by atoms with Crippen LogP contribution >= 0.6 is 0 Å². The van der Waals surface area contributed by atoms with Gasteiger partial charge in [0.05, 0.1) is 20.9 Å². The molecule has 3 heteroatoms. The topological polar surface area (TPSA) is 21.3 Å². The van der Waals surface area contributed by atoms with E-state index in [1.54, 1.807) is 7.11 Å². The van der Waals surface area contributed by atoms with E-state index in [-0.39, 0.29) is 0 Å². The predicted octanol–water partition coefficient (Wildman–Crippen LogP) is 3.85. The Balaban J connectivity index is 2.04. The lowest BCUT2D eigenvalue weighted by Gasteiger charge is -2.17. The van der Waals surface area contributed by atoms with E-state index >= 15 is 0 Å². The zero-order valence-corrected chi connectivity index (χ0v) is 13.7. The van der Waals surface area contributed by atoms with Crippen LogP contribution in [0.1, 0.15) is 5.56 Å². The number of nitrogens with one attached hydrogen (secondary N) is 1. The third-order valence-corrected chi connectivity index (χ3v) is 5.48. The van der Waals surface area contributed by atoms with E-state index in [1.807, 2.05) is 24.3 Å². The first-order valence-electron chi connectivity index (χ1n) is 6.97. The molecule has 0 aliphatic rings. The molecule has 0 unspecified atom stereocenters. The van der Waals surface area contributed by atoms with Crippen LogP contribution in [0.25, 0.3) is 0 Å². The summed E-state index contributed by atoms with van der Waals surface area (Å²) in [5.41, 5.74) is 2.32. The summed E-state index contributed by atoms with van der Waals surface area (Å²) in [5.74, 6) is 0.881. The zero-order chi connectivity index (χ0) is 14.6. The highest BCUT2D eigenvalue weighted by atomic mass is 28.3. The second kappa shape index (κ2) is 6.14. The first-order chi connectivity index (χ1) is 9.50. The molecule has 0 aromatic heterocycles. The quantitative estimate of drug-likeness (QED) is 0.843. The molecule has 0 aliphatic heterocycles. The summed E-state index contributed by atoms with van der Waals surface area (Å²) in [5, 5.41) is 4.92. The number of hydrogen-bond donors (Lipinski definition) is 1. The highest BCUT2D eigenvalue weighted by molar-refractivity contribution is 6.88. The maximum absolute atomic E-state index is 5.34. The van der Waals surface area contributed by atoms with Gasteiger partial charge in [0.25, 0.3) is 0 Å². The Morgan fingerprint density at radius 3 is 2.20 bits per heavy atom. The fourth-order valence-electron chi connectivity index (χ4n) is 2.11. The molecule has 0 saturated heterocycles. The first-order valence-corrected chi connectivity index (χ1v) is 10.5. The lowest BCUT2D eigenvalue weighted by molar-refractivity contribution is 0.416. The number of benzene rings is 2. The predicted molar refractivity (Wildman–Crippen MR) is 89.7 cm³/mol. The minimum Gasteiger partial charge on any atom is -0.495 e. The van der Waals surface area contributed by atoms with E-state index in [0.29, 0.717) is 0 Å². The molecule has 0 heterocycles. The first kappa shape index (κ1) is 14.7. The van der Waals surface area contributed by atoms with Gasteiger partial charge in [0.15, 0.2) is 0 Å². The fourth-order valence-corrected chi connectivity index (χ4v) is 3.28. The fraction of sp³-hybridized carbons (Fsp3) is 0.294. The van der Waals surface area contributed by atoms with Crippen LogP contribution in [0.3, 0.4) is 0 Å². The number of anilines is 1. The Morgan fingerprint density at radius 1 is 0.950 bits per heavy atom. The van der Waals surface area contributed by atoms with Crippen LogP contribution in [0, 0.1) is 0 Å². The highest BCUT2D eigenvalue weighted by Crippen LogP contribution is 2.23. The van der Waals surface area contributed by atoms with Crippen molar-refractivity contribution in [1.82, 2.24) is 0 Å². The molecule has 106 valence electrons. The summed E-state index contributed by atoms with van der Waals surface area (Å²) >= 11 is 0. The van der Waals surface area contributed by atoms with Crippen molar-refractivity contribution in [3.05, 3.63) is 54.1 Å². The average Bonchev–Trinajstić information content (AvgIpc) is 2.45. The van der Waals surface area contributed by atoms with Crippen LogP contribution in [0.15, 0.2) is 48.5 Å². The molecule has 0 radical (unpaired) electrons. The maximum atomic E-state index is 5.34. The lowest BCUT2D eigenvalue weighted by atomic mass is 10.2. The number of ether oxygens (including phenoxy) is 1. The van der Waals surface area contributed by atoms with Gasteiger partial charge in [-0.3, -0.25) is 0 Å². The van der Waals surface area contributed by atoms with Gasteiger partial charge in [-0.05, 0) is 17.7 Å². The van der Waals surface area contributed by atoms with Gasteiger partial charge in [0.1, 0.15) is 5.75 Å². The van der Waals surface area contributed by atoms with Gasteiger partial charge in [0, 0.05) is 6.54 Å². The molecule has 2 nitrogen and oxygen atoms in total. The third kappa shape index (κ3) is 3.64. The largest absolute Gasteiger partial charge is 0.495 e. The highest BCUT2D eigenvalue weighted by Gasteiger charge is 2.15. The van der Waals surface area contributed by atoms with Gasteiger partial charge in [-0.25, -0.2) is 0 Å². The second-order valence-corrected chi connectivity index (χ2v) is 11.1. The van der Waals surface area contributed by atoms with Crippen molar-refractivity contribution in [3.8, 4) is 5.75 Å². The van der Waals surface area contributed by atoms with Crippen molar-refractivity contribution in [2.24, 2.45) is 0 Å². The number of hydrogen-bond acceptors (Lipinski definition) is 2. The molecule has 2 rings (SSSR count). The minimum atomic E-state index is -1.20. The number of rotatable bonds is 5. The molecule has 0 atom stereocenters. The van der Waals surface area contributed by atoms with E-state index < -0.39 is 8.07 Å². The number of methoxy groups -OCH3 is 1. The van der Waals surface area contributed by atoms with Crippen LogP contribution in [-0.2, 0) is 6.54 Å². The summed E-state index contributed by atoms with van der Waals surface area (Å²) in [6, 6.07) is 17.0. The summed E-state index contributed by atoms with van der Waals surface area (Å²) in [7, 11) is 0.499. The van der Waals surface area contributed by atoms with Gasteiger partial charge in [-0.2, -0.15) is 0 Å². The average molecular weight is 285 g/mol.